The highest BCUT2D eigenvalue weighted by Gasteiger charge is 2.03. The van der Waals surface area contributed by atoms with E-state index in [0.29, 0.717) is 11.5 Å². The van der Waals surface area contributed by atoms with Gasteiger partial charge in [0.15, 0.2) is 5.82 Å². The van der Waals surface area contributed by atoms with Crippen molar-refractivity contribution in [2.75, 3.05) is 5.32 Å². The zero-order chi connectivity index (χ0) is 10.1. The first-order valence-electron chi connectivity index (χ1n) is 3.79. The maximum atomic E-state index is 10.4. The molecular weight excluding hydrogens is 297 g/mol. The molecule has 0 aliphatic heterocycles. The van der Waals surface area contributed by atoms with Crippen molar-refractivity contribution < 1.29 is 9.90 Å². The molecule has 2 aromatic rings. The summed E-state index contributed by atoms with van der Waals surface area (Å²) in [5.41, 5.74) is 0.717. The Morgan fingerprint density at radius 1 is 1.50 bits per heavy atom. The van der Waals surface area contributed by atoms with Gasteiger partial charge in [0.25, 0.3) is 0 Å². The van der Waals surface area contributed by atoms with Gasteiger partial charge in [0.1, 0.15) is 5.65 Å². The van der Waals surface area contributed by atoms with Crippen LogP contribution in [0.15, 0.2) is 24.5 Å². The first-order chi connectivity index (χ1) is 6.65. The third-order valence-corrected chi connectivity index (χ3v) is 2.29. The molecule has 2 N–H and O–H groups in total. The van der Waals surface area contributed by atoms with E-state index in [0.717, 1.165) is 3.57 Å². The second-order valence-corrected chi connectivity index (χ2v) is 3.91. The van der Waals surface area contributed by atoms with Gasteiger partial charge in [-0.3, -0.25) is 5.32 Å². The van der Waals surface area contributed by atoms with Crippen LogP contribution >= 0.6 is 22.6 Å². The number of anilines is 1. The van der Waals surface area contributed by atoms with Crippen molar-refractivity contribution in [1.82, 2.24) is 9.38 Å². The van der Waals surface area contributed by atoms with Gasteiger partial charge < -0.3 is 9.51 Å². The van der Waals surface area contributed by atoms with Gasteiger partial charge in [-0.2, -0.15) is 0 Å². The highest BCUT2D eigenvalue weighted by Crippen LogP contribution is 2.12. The molecule has 14 heavy (non-hydrogen) atoms. The Bertz CT molecular complexity index is 494. The van der Waals surface area contributed by atoms with Crippen LogP contribution in [0, 0.1) is 3.57 Å². The number of halogens is 1. The van der Waals surface area contributed by atoms with E-state index in [9.17, 15) is 4.79 Å². The molecule has 6 heteroatoms. The third-order valence-electron chi connectivity index (χ3n) is 1.65. The largest absolute Gasteiger partial charge is 0.465 e. The molecule has 0 aromatic carbocycles. The van der Waals surface area contributed by atoms with Crippen molar-refractivity contribution >= 4 is 40.1 Å². The molecule has 0 unspecified atom stereocenters. The molecule has 0 saturated carbocycles. The minimum absolute atomic E-state index is 0.333. The number of rotatable bonds is 1. The quantitative estimate of drug-likeness (QED) is 0.792. The summed E-state index contributed by atoms with van der Waals surface area (Å²) in [6, 6.07) is 3.74. The second-order valence-electron chi connectivity index (χ2n) is 2.67. The van der Waals surface area contributed by atoms with Crippen molar-refractivity contribution in [2.24, 2.45) is 0 Å². The van der Waals surface area contributed by atoms with Crippen LogP contribution in [0.5, 0.6) is 0 Å². The van der Waals surface area contributed by atoms with Gasteiger partial charge in [0.05, 0.1) is 6.20 Å². The Labute approximate surface area is 92.9 Å². The molecule has 0 radical (unpaired) electrons. The maximum Gasteiger partial charge on any atom is 0.410 e. The number of fused-ring (bicyclic) bond motifs is 1. The molecule has 0 atom stereocenters. The van der Waals surface area contributed by atoms with Gasteiger partial charge in [0, 0.05) is 9.77 Å². The van der Waals surface area contributed by atoms with Crippen LogP contribution < -0.4 is 5.32 Å². The number of nitrogens with one attached hydrogen (secondary N) is 1. The van der Waals surface area contributed by atoms with Gasteiger partial charge in [-0.15, -0.1) is 0 Å². The molecule has 2 rings (SSSR count). The summed E-state index contributed by atoms with van der Waals surface area (Å²) in [7, 11) is 0. The van der Waals surface area contributed by atoms with Gasteiger partial charge in [-0.05, 0) is 34.7 Å². The Morgan fingerprint density at radius 2 is 2.29 bits per heavy atom. The lowest BCUT2D eigenvalue weighted by Gasteiger charge is -1.91. The zero-order valence-corrected chi connectivity index (χ0v) is 9.09. The number of hydrogen-bond donors (Lipinski definition) is 2. The number of nitrogens with zero attached hydrogens (tertiary/aromatic N) is 2. The first kappa shape index (κ1) is 9.25. The molecule has 1 amide bonds. The van der Waals surface area contributed by atoms with E-state index in [1.807, 2.05) is 18.3 Å². The summed E-state index contributed by atoms with van der Waals surface area (Å²) in [6.45, 7) is 0. The SMILES string of the molecule is O=C(O)Nc1cn2cc(I)ccc2n1. The fourth-order valence-electron chi connectivity index (χ4n) is 1.13. The molecule has 72 valence electrons. The highest BCUT2D eigenvalue weighted by atomic mass is 127. The molecule has 0 aliphatic rings. The molecule has 0 bridgehead atoms. The van der Waals surface area contributed by atoms with Crippen LogP contribution in [0.3, 0.4) is 0 Å². The fourth-order valence-corrected chi connectivity index (χ4v) is 1.61. The summed E-state index contributed by atoms with van der Waals surface area (Å²) < 4.78 is 2.84. The van der Waals surface area contributed by atoms with Crippen molar-refractivity contribution in [2.45, 2.75) is 0 Å². The normalized spacial score (nSPS) is 10.4. The van der Waals surface area contributed by atoms with Gasteiger partial charge in [-0.25, -0.2) is 9.78 Å². The Balaban J connectivity index is 2.46. The number of imidazole rings is 1. The molecule has 0 fully saturated rings. The maximum absolute atomic E-state index is 10.4. The smallest absolute Gasteiger partial charge is 0.410 e. The molecule has 0 spiro atoms. The lowest BCUT2D eigenvalue weighted by atomic mass is 10.5. The van der Waals surface area contributed by atoms with Crippen LogP contribution in [-0.4, -0.2) is 20.6 Å². The number of carbonyl (C=O) groups is 1. The summed E-state index contributed by atoms with van der Waals surface area (Å²) in [5, 5.41) is 10.7. The first-order valence-corrected chi connectivity index (χ1v) is 4.87. The van der Waals surface area contributed by atoms with Gasteiger partial charge >= 0.3 is 6.09 Å². The van der Waals surface area contributed by atoms with Crippen LogP contribution in [0.2, 0.25) is 0 Å². The lowest BCUT2D eigenvalue weighted by molar-refractivity contribution is 0.209. The minimum Gasteiger partial charge on any atom is -0.465 e. The Hall–Kier alpha value is -1.31. The van der Waals surface area contributed by atoms with E-state index in [-0.39, 0.29) is 0 Å². The molecule has 2 heterocycles. The highest BCUT2D eigenvalue weighted by molar-refractivity contribution is 14.1. The van der Waals surface area contributed by atoms with Gasteiger partial charge in [0.2, 0.25) is 0 Å². The van der Waals surface area contributed by atoms with Crippen LogP contribution in [0.4, 0.5) is 10.6 Å². The average molecular weight is 303 g/mol. The van der Waals surface area contributed by atoms with Crippen molar-refractivity contribution in [3.05, 3.63) is 28.1 Å². The van der Waals surface area contributed by atoms with E-state index in [2.05, 4.69) is 32.9 Å². The molecule has 0 saturated heterocycles. The van der Waals surface area contributed by atoms with Crippen molar-refractivity contribution in [1.29, 1.82) is 0 Å². The van der Waals surface area contributed by atoms with Crippen LogP contribution in [0.25, 0.3) is 5.65 Å². The van der Waals surface area contributed by atoms with E-state index in [1.165, 1.54) is 0 Å². The number of carboxylic acid groups (broad SMARTS) is 1. The third kappa shape index (κ3) is 1.79. The summed E-state index contributed by atoms with van der Waals surface area (Å²) >= 11 is 2.18. The molecule has 0 aliphatic carbocycles. The number of aromatic nitrogens is 2. The predicted octanol–water partition coefficient (Wildman–Crippen LogP) is 2.03. The average Bonchev–Trinajstić information content (AvgIpc) is 2.44. The van der Waals surface area contributed by atoms with Crippen LogP contribution in [0.1, 0.15) is 0 Å². The summed E-state index contributed by atoms with van der Waals surface area (Å²) in [4.78, 5) is 14.4. The molecule has 5 nitrogen and oxygen atoms in total. The standard InChI is InChI=1S/C8H6IN3O2/c9-5-1-2-7-10-6(11-8(13)14)4-12(7)3-5/h1-4,11H,(H,13,14). The molecule has 2 aromatic heterocycles. The Kier molecular flexibility index (Phi) is 2.28. The van der Waals surface area contributed by atoms with E-state index in [4.69, 9.17) is 5.11 Å². The predicted molar refractivity (Wildman–Crippen MR) is 59.6 cm³/mol. The lowest BCUT2D eigenvalue weighted by Crippen LogP contribution is -2.06. The fraction of sp³-hybridized carbons (Fsp3) is 0. The monoisotopic (exact) mass is 303 g/mol. The van der Waals surface area contributed by atoms with Crippen molar-refractivity contribution in [3.63, 3.8) is 0 Å². The topological polar surface area (TPSA) is 66.6 Å². The molecular formula is C8H6IN3O2. The summed E-state index contributed by atoms with van der Waals surface area (Å²) in [5.74, 6) is 0.333. The second kappa shape index (κ2) is 3.45. The van der Waals surface area contributed by atoms with Crippen molar-refractivity contribution in [3.8, 4) is 0 Å². The minimum atomic E-state index is -1.11. The zero-order valence-electron chi connectivity index (χ0n) is 6.94. The van der Waals surface area contributed by atoms with E-state index >= 15 is 0 Å². The van der Waals surface area contributed by atoms with Crippen LogP contribution in [-0.2, 0) is 0 Å². The Morgan fingerprint density at radius 3 is 3.00 bits per heavy atom. The number of hydrogen-bond acceptors (Lipinski definition) is 2. The van der Waals surface area contributed by atoms with E-state index < -0.39 is 6.09 Å². The number of amides is 1. The summed E-state index contributed by atoms with van der Waals surface area (Å²) in [6.07, 6.45) is 2.39. The number of pyridine rings is 1. The van der Waals surface area contributed by atoms with E-state index in [1.54, 1.807) is 10.6 Å². The van der Waals surface area contributed by atoms with Gasteiger partial charge in [-0.1, -0.05) is 0 Å².